The van der Waals surface area contributed by atoms with Crippen LogP contribution in [0.5, 0.6) is 0 Å². The molecule has 0 radical (unpaired) electrons. The highest BCUT2D eigenvalue weighted by atomic mass is 15.3. The second-order valence-corrected chi connectivity index (χ2v) is 8.23. The van der Waals surface area contributed by atoms with E-state index in [1.807, 2.05) is 18.6 Å². The highest BCUT2D eigenvalue weighted by Gasteiger charge is 2.40. The summed E-state index contributed by atoms with van der Waals surface area (Å²) in [6.45, 7) is 7.62. The SMILES string of the molecule is Cc1cncnc1N1CC2CN(Cc3cnc(C4CCC4)nc3)CC2C1. The Kier molecular flexibility index (Phi) is 4.08. The summed E-state index contributed by atoms with van der Waals surface area (Å²) in [7, 11) is 0. The van der Waals surface area contributed by atoms with Crippen LogP contribution in [0.2, 0.25) is 0 Å². The average Bonchev–Trinajstić information content (AvgIpc) is 3.14. The first kappa shape index (κ1) is 16.1. The highest BCUT2D eigenvalue weighted by Crippen LogP contribution is 2.35. The zero-order valence-corrected chi connectivity index (χ0v) is 15.4. The normalized spacial score (nSPS) is 26.1. The lowest BCUT2D eigenvalue weighted by Gasteiger charge is -2.24. The van der Waals surface area contributed by atoms with E-state index in [1.54, 1.807) is 6.33 Å². The van der Waals surface area contributed by atoms with E-state index in [2.05, 4.69) is 36.7 Å². The van der Waals surface area contributed by atoms with Gasteiger partial charge in [-0.3, -0.25) is 4.90 Å². The third kappa shape index (κ3) is 2.96. The summed E-state index contributed by atoms with van der Waals surface area (Å²) in [5.74, 6) is 4.25. The maximum atomic E-state index is 4.62. The van der Waals surface area contributed by atoms with Gasteiger partial charge < -0.3 is 4.90 Å². The van der Waals surface area contributed by atoms with Crippen LogP contribution < -0.4 is 4.90 Å². The van der Waals surface area contributed by atoms with Crippen LogP contribution in [0.25, 0.3) is 0 Å². The topological polar surface area (TPSA) is 58.0 Å². The van der Waals surface area contributed by atoms with E-state index in [0.717, 1.165) is 56.2 Å². The van der Waals surface area contributed by atoms with Gasteiger partial charge in [-0.2, -0.15) is 0 Å². The molecule has 2 atom stereocenters. The smallest absolute Gasteiger partial charge is 0.134 e. The van der Waals surface area contributed by atoms with Crippen molar-refractivity contribution >= 4 is 5.82 Å². The number of nitrogens with zero attached hydrogens (tertiary/aromatic N) is 6. The van der Waals surface area contributed by atoms with Crippen LogP contribution in [0.3, 0.4) is 0 Å². The Balaban J connectivity index is 1.18. The molecule has 1 saturated carbocycles. The second kappa shape index (κ2) is 6.58. The van der Waals surface area contributed by atoms with Crippen LogP contribution in [0.15, 0.2) is 24.9 Å². The first-order chi connectivity index (χ1) is 12.8. The molecular weight excluding hydrogens is 324 g/mol. The first-order valence-corrected chi connectivity index (χ1v) is 9.81. The van der Waals surface area contributed by atoms with Crippen molar-refractivity contribution in [1.82, 2.24) is 24.8 Å². The molecule has 6 nitrogen and oxygen atoms in total. The van der Waals surface area contributed by atoms with Crippen molar-refractivity contribution < 1.29 is 0 Å². The molecule has 3 aliphatic rings. The number of rotatable bonds is 4. The fourth-order valence-corrected chi connectivity index (χ4v) is 4.70. The van der Waals surface area contributed by atoms with Crippen molar-refractivity contribution in [3.63, 3.8) is 0 Å². The van der Waals surface area contributed by atoms with Crippen LogP contribution >= 0.6 is 0 Å². The van der Waals surface area contributed by atoms with Crippen molar-refractivity contribution in [2.24, 2.45) is 11.8 Å². The van der Waals surface area contributed by atoms with Crippen molar-refractivity contribution in [2.75, 3.05) is 31.1 Å². The maximum Gasteiger partial charge on any atom is 0.134 e. The van der Waals surface area contributed by atoms with Crippen molar-refractivity contribution in [2.45, 2.75) is 38.6 Å². The lowest BCUT2D eigenvalue weighted by molar-refractivity contribution is 0.307. The van der Waals surface area contributed by atoms with Gasteiger partial charge in [-0.25, -0.2) is 19.9 Å². The Hall–Kier alpha value is -2.08. The van der Waals surface area contributed by atoms with Crippen LogP contribution in [-0.4, -0.2) is 51.0 Å². The third-order valence-electron chi connectivity index (χ3n) is 6.33. The second-order valence-electron chi connectivity index (χ2n) is 8.23. The molecule has 3 fully saturated rings. The summed E-state index contributed by atoms with van der Waals surface area (Å²) >= 11 is 0. The van der Waals surface area contributed by atoms with Gasteiger partial charge in [-0.05, 0) is 31.6 Å². The molecule has 1 aliphatic carbocycles. The van der Waals surface area contributed by atoms with E-state index in [9.17, 15) is 0 Å². The summed E-state index contributed by atoms with van der Waals surface area (Å²) in [6, 6.07) is 0. The number of aromatic nitrogens is 4. The average molecular weight is 350 g/mol. The molecule has 2 unspecified atom stereocenters. The fourth-order valence-electron chi connectivity index (χ4n) is 4.70. The number of fused-ring (bicyclic) bond motifs is 1. The number of anilines is 1. The van der Waals surface area contributed by atoms with E-state index in [1.165, 1.54) is 30.4 Å². The van der Waals surface area contributed by atoms with Gasteiger partial charge in [0.2, 0.25) is 0 Å². The summed E-state index contributed by atoms with van der Waals surface area (Å²) in [5.41, 5.74) is 2.42. The minimum atomic E-state index is 0.617. The molecule has 6 heteroatoms. The Morgan fingerprint density at radius 2 is 1.69 bits per heavy atom. The number of hydrogen-bond donors (Lipinski definition) is 0. The molecule has 0 N–H and O–H groups in total. The predicted molar refractivity (Wildman–Crippen MR) is 99.9 cm³/mol. The molecule has 0 aromatic carbocycles. The summed E-state index contributed by atoms with van der Waals surface area (Å²) in [6.07, 6.45) is 11.5. The van der Waals surface area contributed by atoms with E-state index >= 15 is 0 Å². The van der Waals surface area contributed by atoms with Gasteiger partial charge in [0, 0.05) is 68.4 Å². The van der Waals surface area contributed by atoms with Gasteiger partial charge >= 0.3 is 0 Å². The molecule has 0 spiro atoms. The van der Waals surface area contributed by atoms with E-state index in [0.29, 0.717) is 5.92 Å². The van der Waals surface area contributed by atoms with E-state index < -0.39 is 0 Å². The quantitative estimate of drug-likeness (QED) is 0.844. The van der Waals surface area contributed by atoms with Crippen molar-refractivity contribution in [3.8, 4) is 0 Å². The first-order valence-electron chi connectivity index (χ1n) is 9.81. The molecule has 136 valence electrons. The molecular formula is C20H26N6. The highest BCUT2D eigenvalue weighted by molar-refractivity contribution is 5.46. The van der Waals surface area contributed by atoms with Crippen LogP contribution in [0.1, 0.15) is 42.1 Å². The minimum Gasteiger partial charge on any atom is -0.356 e. The molecule has 26 heavy (non-hydrogen) atoms. The number of likely N-dealkylation sites (tertiary alicyclic amines) is 1. The molecule has 2 aliphatic heterocycles. The Bertz CT molecular complexity index is 758. The van der Waals surface area contributed by atoms with Gasteiger partial charge in [0.1, 0.15) is 18.0 Å². The molecule has 0 amide bonds. The summed E-state index contributed by atoms with van der Waals surface area (Å²) in [4.78, 5) is 22.9. The molecule has 0 bridgehead atoms. The lowest BCUT2D eigenvalue weighted by atomic mass is 9.85. The molecule has 2 aromatic heterocycles. The molecule has 4 heterocycles. The minimum absolute atomic E-state index is 0.617. The zero-order valence-electron chi connectivity index (χ0n) is 15.4. The van der Waals surface area contributed by atoms with Crippen LogP contribution in [-0.2, 0) is 6.54 Å². The fraction of sp³-hybridized carbons (Fsp3) is 0.600. The lowest BCUT2D eigenvalue weighted by Crippen LogP contribution is -2.29. The number of aryl methyl sites for hydroxylation is 1. The largest absolute Gasteiger partial charge is 0.356 e. The zero-order chi connectivity index (χ0) is 17.5. The van der Waals surface area contributed by atoms with Gasteiger partial charge in [0.05, 0.1) is 0 Å². The Morgan fingerprint density at radius 3 is 2.31 bits per heavy atom. The van der Waals surface area contributed by atoms with Crippen molar-refractivity contribution in [3.05, 3.63) is 41.9 Å². The Morgan fingerprint density at radius 1 is 0.962 bits per heavy atom. The van der Waals surface area contributed by atoms with Crippen LogP contribution in [0.4, 0.5) is 5.82 Å². The molecule has 2 saturated heterocycles. The van der Waals surface area contributed by atoms with E-state index in [4.69, 9.17) is 0 Å². The standard InChI is InChI=1S/C20H26N6/c1-14-5-21-13-24-20(14)26-11-17-9-25(10-18(17)12-26)8-15-6-22-19(23-7-15)16-3-2-4-16/h5-7,13,16-18H,2-4,8-12H2,1H3. The van der Waals surface area contributed by atoms with Crippen molar-refractivity contribution in [1.29, 1.82) is 0 Å². The third-order valence-corrected chi connectivity index (χ3v) is 6.33. The van der Waals surface area contributed by atoms with Gasteiger partial charge in [-0.15, -0.1) is 0 Å². The number of hydrogen-bond acceptors (Lipinski definition) is 6. The van der Waals surface area contributed by atoms with Crippen LogP contribution in [0, 0.1) is 18.8 Å². The molecule has 5 rings (SSSR count). The summed E-state index contributed by atoms with van der Waals surface area (Å²) < 4.78 is 0. The summed E-state index contributed by atoms with van der Waals surface area (Å²) in [5, 5.41) is 0. The van der Waals surface area contributed by atoms with Gasteiger partial charge in [0.15, 0.2) is 0 Å². The van der Waals surface area contributed by atoms with Gasteiger partial charge in [-0.1, -0.05) is 6.42 Å². The molecule has 2 aromatic rings. The maximum absolute atomic E-state index is 4.62. The van der Waals surface area contributed by atoms with E-state index in [-0.39, 0.29) is 0 Å². The Labute approximate surface area is 154 Å². The van der Waals surface area contributed by atoms with Gasteiger partial charge in [0.25, 0.3) is 0 Å². The predicted octanol–water partition coefficient (Wildman–Crippen LogP) is 2.41. The monoisotopic (exact) mass is 350 g/mol.